The maximum absolute atomic E-state index is 13.9. The Labute approximate surface area is 245 Å². The summed E-state index contributed by atoms with van der Waals surface area (Å²) in [6.45, 7) is 8.02. The molecule has 1 atom stereocenters. The van der Waals surface area contributed by atoms with Crippen molar-refractivity contribution < 1.29 is 22.7 Å². The fourth-order valence-corrected chi connectivity index (χ4v) is 5.69. The van der Waals surface area contributed by atoms with Crippen molar-refractivity contribution >= 4 is 43.5 Å². The number of sulfonamides is 1. The van der Waals surface area contributed by atoms with E-state index in [0.717, 1.165) is 26.3 Å². The average Bonchev–Trinajstić information content (AvgIpc) is 2.94. The van der Waals surface area contributed by atoms with Gasteiger partial charge in [-0.15, -0.1) is 0 Å². The van der Waals surface area contributed by atoms with Crippen LogP contribution in [0, 0.1) is 6.92 Å². The Morgan fingerprint density at radius 2 is 1.57 bits per heavy atom. The minimum atomic E-state index is -4.14. The quantitative estimate of drug-likeness (QED) is 0.277. The van der Waals surface area contributed by atoms with Crippen LogP contribution in [-0.2, 0) is 26.2 Å². The summed E-state index contributed by atoms with van der Waals surface area (Å²) in [5, 5.41) is 2.84. The number of hydrogen-bond donors (Lipinski definition) is 1. The topological polar surface area (TPSA) is 96.0 Å². The zero-order chi connectivity index (χ0) is 29.3. The lowest BCUT2D eigenvalue weighted by atomic mass is 10.1. The molecule has 40 heavy (non-hydrogen) atoms. The van der Waals surface area contributed by atoms with Gasteiger partial charge < -0.3 is 15.0 Å². The summed E-state index contributed by atoms with van der Waals surface area (Å²) < 4.78 is 35.1. The second-order valence-electron chi connectivity index (χ2n) is 9.37. The lowest BCUT2D eigenvalue weighted by molar-refractivity contribution is -0.139. The van der Waals surface area contributed by atoms with Crippen molar-refractivity contribution in [3.63, 3.8) is 0 Å². The zero-order valence-electron chi connectivity index (χ0n) is 23.3. The van der Waals surface area contributed by atoms with Crippen molar-refractivity contribution in [1.82, 2.24) is 10.2 Å². The van der Waals surface area contributed by atoms with E-state index in [2.05, 4.69) is 21.2 Å². The molecule has 214 valence electrons. The first-order chi connectivity index (χ1) is 19.1. The third-order valence-corrected chi connectivity index (χ3v) is 8.62. The Morgan fingerprint density at radius 1 is 0.950 bits per heavy atom. The summed E-state index contributed by atoms with van der Waals surface area (Å²) in [5.41, 5.74) is 2.20. The lowest BCUT2D eigenvalue weighted by Crippen LogP contribution is -2.51. The van der Waals surface area contributed by atoms with Crippen LogP contribution in [0.5, 0.6) is 5.75 Å². The fraction of sp³-hybridized carbons (Fsp3) is 0.333. The van der Waals surface area contributed by atoms with Gasteiger partial charge >= 0.3 is 0 Å². The monoisotopic (exact) mass is 629 g/mol. The van der Waals surface area contributed by atoms with Gasteiger partial charge in [0, 0.05) is 17.6 Å². The number of carbonyl (C=O) groups is 2. The minimum Gasteiger partial charge on any atom is -0.494 e. The predicted octanol–water partition coefficient (Wildman–Crippen LogP) is 5.30. The molecule has 0 aliphatic heterocycles. The number of aryl methyl sites for hydroxylation is 1. The van der Waals surface area contributed by atoms with E-state index >= 15 is 0 Å². The first kappa shape index (κ1) is 31.2. The Kier molecular flexibility index (Phi) is 11.2. The van der Waals surface area contributed by atoms with Gasteiger partial charge in [0.15, 0.2) is 0 Å². The van der Waals surface area contributed by atoms with Gasteiger partial charge in [-0.2, -0.15) is 0 Å². The predicted molar refractivity (Wildman–Crippen MR) is 161 cm³/mol. The molecule has 3 aromatic rings. The maximum atomic E-state index is 13.9. The molecule has 0 aliphatic rings. The van der Waals surface area contributed by atoms with Gasteiger partial charge in [-0.3, -0.25) is 13.9 Å². The van der Waals surface area contributed by atoms with Gasteiger partial charge in [0.2, 0.25) is 11.8 Å². The average molecular weight is 631 g/mol. The van der Waals surface area contributed by atoms with Crippen molar-refractivity contribution in [3.05, 3.63) is 88.4 Å². The van der Waals surface area contributed by atoms with Crippen LogP contribution >= 0.6 is 15.9 Å². The van der Waals surface area contributed by atoms with Crippen LogP contribution in [0.15, 0.2) is 82.2 Å². The molecule has 8 nitrogen and oxygen atoms in total. The summed E-state index contributed by atoms with van der Waals surface area (Å²) in [7, 11) is -4.14. The minimum absolute atomic E-state index is 0.0382. The van der Waals surface area contributed by atoms with Crippen molar-refractivity contribution in [2.45, 2.75) is 51.6 Å². The highest BCUT2D eigenvalue weighted by Gasteiger charge is 2.32. The summed E-state index contributed by atoms with van der Waals surface area (Å²) in [6, 6.07) is 19.6. The van der Waals surface area contributed by atoms with Crippen molar-refractivity contribution in [2.75, 3.05) is 24.0 Å². The van der Waals surface area contributed by atoms with Gasteiger partial charge in [-0.05, 0) is 81.3 Å². The number of anilines is 1. The molecular weight excluding hydrogens is 594 g/mol. The summed E-state index contributed by atoms with van der Waals surface area (Å²) in [5.74, 6) is -0.222. The Morgan fingerprint density at radius 3 is 2.15 bits per heavy atom. The van der Waals surface area contributed by atoms with E-state index in [0.29, 0.717) is 24.6 Å². The highest BCUT2D eigenvalue weighted by atomic mass is 79.9. The third-order valence-electron chi connectivity index (χ3n) is 6.31. The molecule has 0 saturated heterocycles. The van der Waals surface area contributed by atoms with Crippen molar-refractivity contribution in [2.24, 2.45) is 0 Å². The smallest absolute Gasteiger partial charge is 0.264 e. The highest BCUT2D eigenvalue weighted by molar-refractivity contribution is 9.10. The fourth-order valence-electron chi connectivity index (χ4n) is 4.01. The van der Waals surface area contributed by atoms with Crippen LogP contribution in [0.2, 0.25) is 0 Å². The van der Waals surface area contributed by atoms with Crippen molar-refractivity contribution in [3.8, 4) is 5.75 Å². The van der Waals surface area contributed by atoms with Gasteiger partial charge in [0.1, 0.15) is 18.3 Å². The molecule has 0 fully saturated rings. The van der Waals surface area contributed by atoms with E-state index in [1.165, 1.54) is 17.0 Å². The largest absolute Gasteiger partial charge is 0.494 e. The molecular formula is C30H36BrN3O5S. The lowest BCUT2D eigenvalue weighted by Gasteiger charge is -2.32. The molecule has 3 aromatic carbocycles. The first-order valence-electron chi connectivity index (χ1n) is 13.2. The third kappa shape index (κ3) is 8.08. The Bertz CT molecular complexity index is 1380. The van der Waals surface area contributed by atoms with E-state index in [4.69, 9.17) is 4.74 Å². The Balaban J connectivity index is 2.01. The molecule has 0 heterocycles. The Hall–Kier alpha value is -3.37. The number of ether oxygens (including phenoxy) is 1. The van der Waals surface area contributed by atoms with E-state index in [1.54, 1.807) is 43.3 Å². The number of amides is 2. The summed E-state index contributed by atoms with van der Waals surface area (Å²) >= 11 is 3.34. The number of hydrogen-bond acceptors (Lipinski definition) is 5. The van der Waals surface area contributed by atoms with E-state index in [-0.39, 0.29) is 17.3 Å². The van der Waals surface area contributed by atoms with Crippen LogP contribution in [0.4, 0.5) is 5.69 Å². The first-order valence-corrected chi connectivity index (χ1v) is 15.4. The van der Waals surface area contributed by atoms with Crippen LogP contribution in [-0.4, -0.2) is 50.9 Å². The normalized spacial score (nSPS) is 11.9. The zero-order valence-corrected chi connectivity index (χ0v) is 25.7. The molecule has 3 rings (SSSR count). The van der Waals surface area contributed by atoms with Gasteiger partial charge in [0.25, 0.3) is 10.0 Å². The number of nitrogens with one attached hydrogen (secondary N) is 1. The summed E-state index contributed by atoms with van der Waals surface area (Å²) in [4.78, 5) is 28.3. The van der Waals surface area contributed by atoms with E-state index in [9.17, 15) is 18.0 Å². The molecule has 1 N–H and O–H groups in total. The molecule has 0 aromatic heterocycles. The number of rotatable bonds is 13. The van der Waals surface area contributed by atoms with E-state index in [1.807, 2.05) is 45.0 Å². The van der Waals surface area contributed by atoms with Crippen LogP contribution in [0.3, 0.4) is 0 Å². The molecule has 0 unspecified atom stereocenters. The SMILES string of the molecule is CCCNC(=O)[C@@H](C)N(Cc1ccc(C)cc1)C(=O)CN(c1ccc(OCC)cc1)S(=O)(=O)c1ccc(Br)cc1. The number of halogens is 1. The molecule has 0 bridgehead atoms. The van der Waals surface area contributed by atoms with Gasteiger partial charge in [-0.1, -0.05) is 52.7 Å². The highest BCUT2D eigenvalue weighted by Crippen LogP contribution is 2.27. The molecule has 0 aliphatic carbocycles. The molecule has 0 spiro atoms. The summed E-state index contributed by atoms with van der Waals surface area (Å²) in [6.07, 6.45) is 0.751. The number of carbonyl (C=O) groups excluding carboxylic acids is 2. The molecule has 2 amide bonds. The molecule has 0 saturated carbocycles. The van der Waals surface area contributed by atoms with E-state index < -0.39 is 28.5 Å². The molecule has 10 heteroatoms. The van der Waals surface area contributed by atoms with Gasteiger partial charge in [-0.25, -0.2) is 8.42 Å². The van der Waals surface area contributed by atoms with Crippen LogP contribution in [0.25, 0.3) is 0 Å². The second kappa shape index (κ2) is 14.3. The van der Waals surface area contributed by atoms with Crippen molar-refractivity contribution in [1.29, 1.82) is 0 Å². The van der Waals surface area contributed by atoms with Crippen LogP contribution < -0.4 is 14.4 Å². The molecule has 0 radical (unpaired) electrons. The maximum Gasteiger partial charge on any atom is 0.264 e. The van der Waals surface area contributed by atoms with Gasteiger partial charge in [0.05, 0.1) is 17.2 Å². The standard InChI is InChI=1S/C30H36BrN3O5S/c1-5-19-32-30(36)23(4)33(20-24-9-7-22(3)8-10-24)29(35)21-34(26-13-15-27(16-14-26)39-6-2)40(37,38)28-17-11-25(31)12-18-28/h7-18,23H,5-6,19-21H2,1-4H3,(H,32,36)/t23-/m1/s1. The second-order valence-corrected chi connectivity index (χ2v) is 12.1. The number of nitrogens with zero attached hydrogens (tertiary/aromatic N) is 2. The van der Waals surface area contributed by atoms with Crippen LogP contribution in [0.1, 0.15) is 38.3 Å². The number of benzene rings is 3.